The molecule has 1 aromatic carbocycles. The largest absolute Gasteiger partial charge is 0.357 e. The highest BCUT2D eigenvalue weighted by Gasteiger charge is 2.21. The van der Waals surface area contributed by atoms with Crippen LogP contribution in [0.4, 0.5) is 0 Å². The van der Waals surface area contributed by atoms with Gasteiger partial charge in [0.15, 0.2) is 5.96 Å². The second-order valence-electron chi connectivity index (χ2n) is 9.16. The molecule has 1 saturated heterocycles. The summed E-state index contributed by atoms with van der Waals surface area (Å²) in [5.74, 6) is 1.36. The summed E-state index contributed by atoms with van der Waals surface area (Å²) in [7, 11) is 1.91. The quantitative estimate of drug-likeness (QED) is 0.299. The van der Waals surface area contributed by atoms with Crippen LogP contribution >= 0.6 is 35.6 Å². The number of carbonyl (C=O) groups is 1. The maximum absolute atomic E-state index is 12.2. The standard InChI is InChI=1S/C23H38ClN5O.HI/c1-6-25-22(28(5)17-21(30)27-23(2,3)4)26-15-18-11-13-29(14-12-18)16-19-9-7-8-10-20(19)24;/h7-10,18H,6,11-17H2,1-5H3,(H,25,26)(H,27,30);1H. The van der Waals surface area contributed by atoms with Crippen LogP contribution in [0.3, 0.4) is 0 Å². The molecule has 1 aliphatic heterocycles. The van der Waals surface area contributed by atoms with E-state index in [0.29, 0.717) is 12.5 Å². The molecular formula is C23H39ClIN5O. The van der Waals surface area contributed by atoms with Crippen molar-refractivity contribution in [2.75, 3.05) is 39.8 Å². The molecule has 6 nitrogen and oxygen atoms in total. The topological polar surface area (TPSA) is 60.0 Å². The predicted molar refractivity (Wildman–Crippen MR) is 141 cm³/mol. The van der Waals surface area contributed by atoms with Gasteiger partial charge in [0.05, 0.1) is 6.54 Å². The van der Waals surface area contributed by atoms with E-state index in [1.807, 2.05) is 57.8 Å². The third-order valence-corrected chi connectivity index (χ3v) is 5.52. The fraction of sp³-hybridized carbons (Fsp3) is 0.652. The van der Waals surface area contributed by atoms with Crippen molar-refractivity contribution in [3.63, 3.8) is 0 Å². The molecule has 0 unspecified atom stereocenters. The number of aliphatic imine (C=N–C) groups is 1. The molecule has 1 aromatic rings. The smallest absolute Gasteiger partial charge is 0.240 e. The maximum Gasteiger partial charge on any atom is 0.240 e. The van der Waals surface area contributed by atoms with Gasteiger partial charge in [-0.15, -0.1) is 24.0 Å². The monoisotopic (exact) mass is 563 g/mol. The van der Waals surface area contributed by atoms with Crippen molar-refractivity contribution in [1.29, 1.82) is 0 Å². The summed E-state index contributed by atoms with van der Waals surface area (Å²) in [6.07, 6.45) is 2.25. The van der Waals surface area contributed by atoms with E-state index in [-0.39, 0.29) is 35.4 Å². The first kappa shape index (κ1) is 28.0. The number of halogens is 2. The Morgan fingerprint density at radius 1 is 1.26 bits per heavy atom. The predicted octanol–water partition coefficient (Wildman–Crippen LogP) is 3.98. The third kappa shape index (κ3) is 10.4. The number of hydrogen-bond acceptors (Lipinski definition) is 3. The Bertz CT molecular complexity index is 714. The molecule has 0 saturated carbocycles. The molecule has 2 rings (SSSR count). The minimum Gasteiger partial charge on any atom is -0.357 e. The van der Waals surface area contributed by atoms with Gasteiger partial charge < -0.3 is 15.5 Å². The molecule has 176 valence electrons. The van der Waals surface area contributed by atoms with Gasteiger partial charge in [0.2, 0.25) is 5.91 Å². The van der Waals surface area contributed by atoms with Crippen molar-refractivity contribution >= 4 is 47.4 Å². The SMILES string of the molecule is CCNC(=NCC1CCN(Cc2ccccc2Cl)CC1)N(C)CC(=O)NC(C)(C)C.I. The average molecular weight is 564 g/mol. The summed E-state index contributed by atoms with van der Waals surface area (Å²) < 4.78 is 0. The van der Waals surface area contributed by atoms with E-state index in [0.717, 1.165) is 56.5 Å². The number of guanidine groups is 1. The molecule has 31 heavy (non-hydrogen) atoms. The van der Waals surface area contributed by atoms with Crippen LogP contribution in [-0.2, 0) is 11.3 Å². The first-order valence-electron chi connectivity index (χ1n) is 10.9. The number of amides is 1. The second-order valence-corrected chi connectivity index (χ2v) is 9.57. The molecule has 8 heteroatoms. The molecular weight excluding hydrogens is 525 g/mol. The Morgan fingerprint density at radius 2 is 1.90 bits per heavy atom. The van der Waals surface area contributed by atoms with Crippen LogP contribution in [0, 0.1) is 5.92 Å². The van der Waals surface area contributed by atoms with Crippen LogP contribution in [0.15, 0.2) is 29.3 Å². The van der Waals surface area contributed by atoms with Crippen molar-refractivity contribution in [3.05, 3.63) is 34.9 Å². The van der Waals surface area contributed by atoms with E-state index in [4.69, 9.17) is 16.6 Å². The molecule has 0 atom stereocenters. The van der Waals surface area contributed by atoms with Gasteiger partial charge in [-0.2, -0.15) is 0 Å². The molecule has 0 spiro atoms. The van der Waals surface area contributed by atoms with Crippen LogP contribution < -0.4 is 10.6 Å². The molecule has 1 aliphatic rings. The molecule has 0 radical (unpaired) electrons. The van der Waals surface area contributed by atoms with E-state index in [2.05, 4.69) is 21.6 Å². The Balaban J connectivity index is 0.00000480. The van der Waals surface area contributed by atoms with Gasteiger partial charge in [-0.25, -0.2) is 0 Å². The molecule has 0 aliphatic carbocycles. The number of likely N-dealkylation sites (tertiary alicyclic amines) is 1. The highest BCUT2D eigenvalue weighted by Crippen LogP contribution is 2.22. The fourth-order valence-corrected chi connectivity index (χ4v) is 3.82. The Morgan fingerprint density at radius 3 is 2.48 bits per heavy atom. The summed E-state index contributed by atoms with van der Waals surface area (Å²) in [5.41, 5.74) is 0.964. The van der Waals surface area contributed by atoms with Gasteiger partial charge in [-0.3, -0.25) is 14.7 Å². The molecule has 1 heterocycles. The number of hydrogen-bond donors (Lipinski definition) is 2. The lowest BCUT2D eigenvalue weighted by Crippen LogP contribution is -2.49. The summed E-state index contributed by atoms with van der Waals surface area (Å²) in [4.78, 5) is 21.4. The van der Waals surface area contributed by atoms with Crippen LogP contribution in [0.1, 0.15) is 46.1 Å². The number of nitrogens with zero attached hydrogens (tertiary/aromatic N) is 3. The van der Waals surface area contributed by atoms with Crippen molar-refractivity contribution in [1.82, 2.24) is 20.4 Å². The molecule has 1 amide bonds. The van der Waals surface area contributed by atoms with Gasteiger partial charge >= 0.3 is 0 Å². The number of piperidine rings is 1. The highest BCUT2D eigenvalue weighted by molar-refractivity contribution is 14.0. The Hall–Kier alpha value is -1.06. The van der Waals surface area contributed by atoms with Crippen LogP contribution in [-0.4, -0.2) is 67.0 Å². The van der Waals surface area contributed by atoms with Gasteiger partial charge in [-0.1, -0.05) is 29.8 Å². The number of carbonyl (C=O) groups excluding carboxylic acids is 1. The minimum absolute atomic E-state index is 0. The lowest BCUT2D eigenvalue weighted by Gasteiger charge is -2.32. The van der Waals surface area contributed by atoms with E-state index < -0.39 is 0 Å². The number of likely N-dealkylation sites (N-methyl/N-ethyl adjacent to an activating group) is 1. The molecule has 2 N–H and O–H groups in total. The fourth-order valence-electron chi connectivity index (χ4n) is 3.63. The van der Waals surface area contributed by atoms with E-state index in [9.17, 15) is 4.79 Å². The lowest BCUT2D eigenvalue weighted by molar-refractivity contribution is -0.122. The Labute approximate surface area is 210 Å². The number of nitrogens with one attached hydrogen (secondary N) is 2. The summed E-state index contributed by atoms with van der Waals surface area (Å²) in [6.45, 7) is 12.9. The summed E-state index contributed by atoms with van der Waals surface area (Å²) in [6, 6.07) is 8.08. The van der Waals surface area contributed by atoms with Gasteiger partial charge in [0, 0.05) is 37.2 Å². The highest BCUT2D eigenvalue weighted by atomic mass is 127. The molecule has 1 fully saturated rings. The first-order chi connectivity index (χ1) is 14.2. The van der Waals surface area contributed by atoms with E-state index >= 15 is 0 Å². The first-order valence-corrected chi connectivity index (χ1v) is 11.3. The van der Waals surface area contributed by atoms with Crippen molar-refractivity contribution in [3.8, 4) is 0 Å². The molecule has 0 aromatic heterocycles. The molecule has 0 bridgehead atoms. The van der Waals surface area contributed by atoms with Gasteiger partial charge in [-0.05, 0) is 71.2 Å². The van der Waals surface area contributed by atoms with Crippen LogP contribution in [0.2, 0.25) is 5.02 Å². The van der Waals surface area contributed by atoms with Crippen LogP contribution in [0.25, 0.3) is 0 Å². The second kappa shape index (κ2) is 13.5. The summed E-state index contributed by atoms with van der Waals surface area (Å²) >= 11 is 6.30. The van der Waals surface area contributed by atoms with Crippen LogP contribution in [0.5, 0.6) is 0 Å². The zero-order valence-electron chi connectivity index (χ0n) is 19.6. The minimum atomic E-state index is -0.231. The number of benzene rings is 1. The van der Waals surface area contributed by atoms with Crippen molar-refractivity contribution in [2.24, 2.45) is 10.9 Å². The average Bonchev–Trinajstić information content (AvgIpc) is 2.66. The van der Waals surface area contributed by atoms with Gasteiger partial charge in [0.1, 0.15) is 0 Å². The number of rotatable bonds is 7. The zero-order chi connectivity index (χ0) is 22.1. The lowest BCUT2D eigenvalue weighted by atomic mass is 9.96. The summed E-state index contributed by atoms with van der Waals surface area (Å²) in [5, 5.41) is 7.16. The normalized spacial score (nSPS) is 15.9. The van der Waals surface area contributed by atoms with Crippen molar-refractivity contribution in [2.45, 2.75) is 52.6 Å². The van der Waals surface area contributed by atoms with E-state index in [1.165, 1.54) is 5.56 Å². The van der Waals surface area contributed by atoms with Gasteiger partial charge in [0.25, 0.3) is 0 Å². The zero-order valence-corrected chi connectivity index (χ0v) is 22.7. The van der Waals surface area contributed by atoms with E-state index in [1.54, 1.807) is 0 Å². The third-order valence-electron chi connectivity index (χ3n) is 5.15. The Kier molecular flexibility index (Phi) is 12.2. The maximum atomic E-state index is 12.2. The van der Waals surface area contributed by atoms with Crippen molar-refractivity contribution < 1.29 is 4.79 Å².